The molecule has 0 bridgehead atoms. The van der Waals surface area contributed by atoms with Crippen LogP contribution in [0.2, 0.25) is 0 Å². The van der Waals surface area contributed by atoms with Crippen LogP contribution in [0.25, 0.3) is 0 Å². The van der Waals surface area contributed by atoms with Crippen molar-refractivity contribution >= 4 is 5.91 Å². The number of amides is 1. The lowest BCUT2D eigenvalue weighted by Gasteiger charge is -2.46. The fraction of sp³-hybridized carbons (Fsp3) is 0.643. The number of carbonyl (C=O) groups excluding carboxylic acids is 1. The van der Waals surface area contributed by atoms with Crippen molar-refractivity contribution in [2.24, 2.45) is 17.1 Å². The molecule has 0 aromatic carbocycles. The van der Waals surface area contributed by atoms with E-state index in [4.69, 9.17) is 10.2 Å². The van der Waals surface area contributed by atoms with Gasteiger partial charge in [-0.25, -0.2) is 0 Å². The second-order valence-electron chi connectivity index (χ2n) is 5.40. The van der Waals surface area contributed by atoms with E-state index in [0.29, 0.717) is 25.6 Å². The second kappa shape index (κ2) is 5.14. The maximum atomic E-state index is 12.6. The largest absolute Gasteiger partial charge is 0.467 e. The molecule has 4 heteroatoms. The van der Waals surface area contributed by atoms with Crippen LogP contribution in [0.5, 0.6) is 0 Å². The summed E-state index contributed by atoms with van der Waals surface area (Å²) in [5, 5.41) is 0. The molecule has 2 N–H and O–H groups in total. The molecule has 1 heterocycles. The zero-order valence-electron chi connectivity index (χ0n) is 11.2. The van der Waals surface area contributed by atoms with E-state index in [9.17, 15) is 4.79 Å². The quantitative estimate of drug-likeness (QED) is 0.869. The van der Waals surface area contributed by atoms with Crippen molar-refractivity contribution in [3.8, 4) is 0 Å². The average molecular weight is 250 g/mol. The Bertz CT molecular complexity index is 394. The van der Waals surface area contributed by atoms with Gasteiger partial charge in [-0.1, -0.05) is 6.92 Å². The van der Waals surface area contributed by atoms with Crippen molar-refractivity contribution in [1.29, 1.82) is 0 Å². The van der Waals surface area contributed by atoms with E-state index in [1.54, 1.807) is 6.26 Å². The van der Waals surface area contributed by atoms with Crippen molar-refractivity contribution in [3.63, 3.8) is 0 Å². The Kier molecular flexibility index (Phi) is 3.76. The molecule has 0 spiro atoms. The van der Waals surface area contributed by atoms with Gasteiger partial charge < -0.3 is 15.1 Å². The monoisotopic (exact) mass is 250 g/mol. The Labute approximate surface area is 108 Å². The standard InChI is InChI=1S/C14H22N2O2/c1-3-16(9-12-5-4-6-18-12)13(17)14(10-15)7-11(2)8-14/h4-6,11H,3,7-10,15H2,1-2H3. The zero-order valence-corrected chi connectivity index (χ0v) is 11.2. The lowest BCUT2D eigenvalue weighted by molar-refractivity contribution is -0.150. The summed E-state index contributed by atoms with van der Waals surface area (Å²) in [6.07, 6.45) is 3.46. The Morgan fingerprint density at radius 1 is 1.61 bits per heavy atom. The van der Waals surface area contributed by atoms with Crippen LogP contribution >= 0.6 is 0 Å². The zero-order chi connectivity index (χ0) is 13.2. The number of nitrogens with two attached hydrogens (primary N) is 1. The molecule has 2 rings (SSSR count). The van der Waals surface area contributed by atoms with E-state index in [1.165, 1.54) is 0 Å². The van der Waals surface area contributed by atoms with Crippen LogP contribution in [-0.4, -0.2) is 23.9 Å². The molecule has 0 atom stereocenters. The predicted molar refractivity (Wildman–Crippen MR) is 69.7 cm³/mol. The summed E-state index contributed by atoms with van der Waals surface area (Å²) in [5.74, 6) is 1.62. The Balaban J connectivity index is 2.05. The third-order valence-corrected chi connectivity index (χ3v) is 3.92. The van der Waals surface area contributed by atoms with Crippen LogP contribution < -0.4 is 5.73 Å². The molecule has 0 saturated heterocycles. The van der Waals surface area contributed by atoms with Crippen LogP contribution in [0.1, 0.15) is 32.4 Å². The van der Waals surface area contributed by atoms with Gasteiger partial charge in [0.05, 0.1) is 18.2 Å². The van der Waals surface area contributed by atoms with E-state index < -0.39 is 0 Å². The Morgan fingerprint density at radius 2 is 2.33 bits per heavy atom. The van der Waals surface area contributed by atoms with Gasteiger partial charge in [0.25, 0.3) is 0 Å². The Hall–Kier alpha value is -1.29. The fourth-order valence-electron chi connectivity index (χ4n) is 2.96. The smallest absolute Gasteiger partial charge is 0.230 e. The lowest BCUT2D eigenvalue weighted by Crippen LogP contribution is -2.54. The minimum absolute atomic E-state index is 0.182. The first-order valence-corrected chi connectivity index (χ1v) is 6.63. The molecular formula is C14H22N2O2. The first-order valence-electron chi connectivity index (χ1n) is 6.63. The minimum Gasteiger partial charge on any atom is -0.467 e. The second-order valence-corrected chi connectivity index (χ2v) is 5.40. The molecule has 1 aliphatic rings. The summed E-state index contributed by atoms with van der Waals surface area (Å²) in [5.41, 5.74) is 5.51. The number of hydrogen-bond acceptors (Lipinski definition) is 3. The SMILES string of the molecule is CCN(Cc1ccco1)C(=O)C1(CN)CC(C)C1. The van der Waals surface area contributed by atoms with Crippen molar-refractivity contribution in [3.05, 3.63) is 24.2 Å². The van der Waals surface area contributed by atoms with Crippen molar-refractivity contribution in [2.45, 2.75) is 33.2 Å². The molecule has 18 heavy (non-hydrogen) atoms. The topological polar surface area (TPSA) is 59.5 Å². The van der Waals surface area contributed by atoms with E-state index in [-0.39, 0.29) is 11.3 Å². The fourth-order valence-corrected chi connectivity index (χ4v) is 2.96. The summed E-state index contributed by atoms with van der Waals surface area (Å²) in [4.78, 5) is 14.4. The predicted octanol–water partition coefficient (Wildman–Crippen LogP) is 2.00. The normalized spacial score (nSPS) is 26.7. The molecular weight excluding hydrogens is 228 g/mol. The van der Waals surface area contributed by atoms with Crippen LogP contribution in [0.3, 0.4) is 0 Å². The number of nitrogens with zero attached hydrogens (tertiary/aromatic N) is 1. The van der Waals surface area contributed by atoms with Crippen molar-refractivity contribution < 1.29 is 9.21 Å². The third-order valence-electron chi connectivity index (χ3n) is 3.92. The van der Waals surface area contributed by atoms with E-state index in [1.807, 2.05) is 24.0 Å². The van der Waals surface area contributed by atoms with Crippen LogP contribution in [0.4, 0.5) is 0 Å². The van der Waals surface area contributed by atoms with Gasteiger partial charge in [-0.05, 0) is 37.8 Å². The molecule has 4 nitrogen and oxygen atoms in total. The van der Waals surface area contributed by atoms with Gasteiger partial charge in [0, 0.05) is 13.1 Å². The van der Waals surface area contributed by atoms with Gasteiger partial charge >= 0.3 is 0 Å². The first kappa shape index (κ1) is 13.1. The number of carbonyl (C=O) groups is 1. The number of rotatable bonds is 5. The minimum atomic E-state index is -0.317. The third kappa shape index (κ3) is 2.29. The van der Waals surface area contributed by atoms with E-state index >= 15 is 0 Å². The lowest BCUT2D eigenvalue weighted by atomic mass is 9.62. The molecule has 0 radical (unpaired) electrons. The molecule has 1 fully saturated rings. The van der Waals surface area contributed by atoms with Gasteiger partial charge in [0.1, 0.15) is 5.76 Å². The summed E-state index contributed by atoms with van der Waals surface area (Å²) in [6.45, 7) is 5.84. The summed E-state index contributed by atoms with van der Waals surface area (Å²) in [7, 11) is 0. The molecule has 1 aliphatic carbocycles. The summed E-state index contributed by atoms with van der Waals surface area (Å²) < 4.78 is 5.31. The molecule has 1 aromatic heterocycles. The van der Waals surface area contributed by atoms with Gasteiger partial charge in [0.15, 0.2) is 0 Å². The molecule has 1 amide bonds. The van der Waals surface area contributed by atoms with E-state index in [0.717, 1.165) is 18.6 Å². The number of furan rings is 1. The molecule has 1 saturated carbocycles. The summed E-state index contributed by atoms with van der Waals surface area (Å²) in [6, 6.07) is 3.74. The molecule has 0 aliphatic heterocycles. The molecule has 1 aromatic rings. The van der Waals surface area contributed by atoms with Gasteiger partial charge in [-0.3, -0.25) is 4.79 Å². The molecule has 0 unspecified atom stereocenters. The van der Waals surface area contributed by atoms with Crippen LogP contribution in [-0.2, 0) is 11.3 Å². The average Bonchev–Trinajstić information content (AvgIpc) is 2.83. The maximum absolute atomic E-state index is 12.6. The maximum Gasteiger partial charge on any atom is 0.230 e. The highest BCUT2D eigenvalue weighted by Gasteiger charge is 2.48. The van der Waals surface area contributed by atoms with Crippen molar-refractivity contribution in [1.82, 2.24) is 4.90 Å². The van der Waals surface area contributed by atoms with Crippen LogP contribution in [0.15, 0.2) is 22.8 Å². The highest BCUT2D eigenvalue weighted by molar-refractivity contribution is 5.84. The van der Waals surface area contributed by atoms with Gasteiger partial charge in [-0.2, -0.15) is 0 Å². The molecule has 100 valence electrons. The van der Waals surface area contributed by atoms with E-state index in [2.05, 4.69) is 6.92 Å². The highest BCUT2D eigenvalue weighted by Crippen LogP contribution is 2.46. The van der Waals surface area contributed by atoms with Crippen molar-refractivity contribution in [2.75, 3.05) is 13.1 Å². The van der Waals surface area contributed by atoms with Gasteiger partial charge in [-0.15, -0.1) is 0 Å². The van der Waals surface area contributed by atoms with Crippen LogP contribution in [0, 0.1) is 11.3 Å². The number of hydrogen-bond donors (Lipinski definition) is 1. The first-order chi connectivity index (χ1) is 8.61. The van der Waals surface area contributed by atoms with Gasteiger partial charge in [0.2, 0.25) is 5.91 Å². The highest BCUT2D eigenvalue weighted by atomic mass is 16.3. The summed E-state index contributed by atoms with van der Waals surface area (Å²) >= 11 is 0. The Morgan fingerprint density at radius 3 is 2.78 bits per heavy atom.